The van der Waals surface area contributed by atoms with Gasteiger partial charge in [-0.15, -0.1) is 0 Å². The molecule has 0 saturated carbocycles. The SMILES string of the molecule is CC(C)[C@@H]1N=C2c3ccccc3N=C(SCC(=O)Nc3ccccc3C(F)(F)F)N2C1=O. The molecule has 2 aromatic rings. The van der Waals surface area contributed by atoms with E-state index in [0.717, 1.165) is 23.4 Å². The van der Waals surface area contributed by atoms with Crippen molar-refractivity contribution in [1.29, 1.82) is 0 Å². The number of nitrogens with zero attached hydrogens (tertiary/aromatic N) is 3. The van der Waals surface area contributed by atoms with E-state index in [0.29, 0.717) is 11.5 Å². The molecule has 2 aliphatic heterocycles. The number of amides is 2. The smallest absolute Gasteiger partial charge is 0.325 e. The number of para-hydroxylation sites is 2. The monoisotopic (exact) mass is 460 g/mol. The summed E-state index contributed by atoms with van der Waals surface area (Å²) in [5, 5.41) is 2.58. The summed E-state index contributed by atoms with van der Waals surface area (Å²) in [6.07, 6.45) is -4.59. The Kier molecular flexibility index (Phi) is 5.81. The largest absolute Gasteiger partial charge is 0.418 e. The normalized spacial score (nSPS) is 17.6. The number of anilines is 1. The van der Waals surface area contributed by atoms with Crippen molar-refractivity contribution in [2.45, 2.75) is 26.1 Å². The molecule has 6 nitrogen and oxygen atoms in total. The first-order chi connectivity index (χ1) is 15.2. The van der Waals surface area contributed by atoms with Crippen LogP contribution in [-0.4, -0.2) is 39.5 Å². The Hall–Kier alpha value is -3.14. The number of amidine groups is 2. The van der Waals surface area contributed by atoms with Crippen LogP contribution in [0.1, 0.15) is 25.0 Å². The zero-order valence-electron chi connectivity index (χ0n) is 17.2. The first-order valence-corrected chi connectivity index (χ1v) is 10.8. The summed E-state index contributed by atoms with van der Waals surface area (Å²) in [6, 6.07) is 11.4. The van der Waals surface area contributed by atoms with Crippen molar-refractivity contribution in [3.63, 3.8) is 0 Å². The molecular formula is C22H19F3N4O2S. The molecule has 0 fully saturated rings. The number of thioether (sulfide) groups is 1. The van der Waals surface area contributed by atoms with E-state index >= 15 is 0 Å². The third-order valence-electron chi connectivity index (χ3n) is 4.97. The van der Waals surface area contributed by atoms with E-state index in [9.17, 15) is 22.8 Å². The Labute approximate surface area is 186 Å². The maximum Gasteiger partial charge on any atom is 0.418 e. The quantitative estimate of drug-likeness (QED) is 0.719. The summed E-state index contributed by atoms with van der Waals surface area (Å²) in [5.41, 5.74) is 0.0917. The number of carbonyl (C=O) groups is 2. The van der Waals surface area contributed by atoms with Crippen LogP contribution in [0, 0.1) is 5.92 Å². The third kappa shape index (κ3) is 4.14. The minimum absolute atomic E-state index is 0.0267. The van der Waals surface area contributed by atoms with Crippen molar-refractivity contribution in [1.82, 2.24) is 4.90 Å². The number of hydrogen-bond donors (Lipinski definition) is 1. The van der Waals surface area contributed by atoms with Gasteiger partial charge in [0.1, 0.15) is 11.9 Å². The van der Waals surface area contributed by atoms with E-state index in [1.807, 2.05) is 26.0 Å². The molecule has 2 aromatic carbocycles. The first-order valence-electron chi connectivity index (χ1n) is 9.85. The number of alkyl halides is 3. The molecule has 1 atom stereocenters. The molecule has 0 radical (unpaired) electrons. The van der Waals surface area contributed by atoms with Crippen LogP contribution in [0.15, 0.2) is 58.5 Å². The van der Waals surface area contributed by atoms with E-state index in [4.69, 9.17) is 0 Å². The molecule has 2 heterocycles. The Bertz CT molecular complexity index is 1140. The number of fused-ring (bicyclic) bond motifs is 3. The predicted molar refractivity (Wildman–Crippen MR) is 118 cm³/mol. The highest BCUT2D eigenvalue weighted by Gasteiger charge is 2.42. The van der Waals surface area contributed by atoms with Gasteiger partial charge in [0.05, 0.1) is 22.7 Å². The summed E-state index contributed by atoms with van der Waals surface area (Å²) in [4.78, 5) is 35.9. The molecule has 0 saturated heterocycles. The molecule has 0 bridgehead atoms. The van der Waals surface area contributed by atoms with Gasteiger partial charge in [0.25, 0.3) is 5.91 Å². The molecule has 2 amide bonds. The van der Waals surface area contributed by atoms with Crippen molar-refractivity contribution >= 4 is 46.0 Å². The van der Waals surface area contributed by atoms with Gasteiger partial charge in [0, 0.05) is 5.56 Å². The summed E-state index contributed by atoms with van der Waals surface area (Å²) in [6.45, 7) is 3.79. The van der Waals surface area contributed by atoms with E-state index in [2.05, 4.69) is 15.3 Å². The van der Waals surface area contributed by atoms with Gasteiger partial charge >= 0.3 is 6.18 Å². The van der Waals surface area contributed by atoms with Crippen molar-refractivity contribution < 1.29 is 22.8 Å². The lowest BCUT2D eigenvalue weighted by Crippen LogP contribution is -2.42. The van der Waals surface area contributed by atoms with Crippen molar-refractivity contribution in [3.8, 4) is 0 Å². The summed E-state index contributed by atoms with van der Waals surface area (Å²) in [5.74, 6) is -0.653. The summed E-state index contributed by atoms with van der Waals surface area (Å²) in [7, 11) is 0. The molecular weight excluding hydrogens is 441 g/mol. The van der Waals surface area contributed by atoms with Crippen LogP contribution in [0.3, 0.4) is 0 Å². The van der Waals surface area contributed by atoms with Crippen LogP contribution < -0.4 is 5.32 Å². The van der Waals surface area contributed by atoms with Gasteiger partial charge in [0.2, 0.25) is 5.91 Å². The summed E-state index contributed by atoms with van der Waals surface area (Å²) < 4.78 is 39.5. The van der Waals surface area contributed by atoms with E-state index in [1.165, 1.54) is 23.1 Å². The number of aliphatic imine (C=N–C) groups is 2. The zero-order chi connectivity index (χ0) is 23.0. The molecule has 0 aromatic heterocycles. The van der Waals surface area contributed by atoms with Gasteiger partial charge in [-0.3, -0.25) is 14.6 Å². The molecule has 0 spiro atoms. The molecule has 1 N–H and O–H groups in total. The zero-order valence-corrected chi connectivity index (χ0v) is 18.0. The molecule has 166 valence electrons. The molecule has 0 unspecified atom stereocenters. The number of carbonyl (C=O) groups excluding carboxylic acids is 2. The molecule has 32 heavy (non-hydrogen) atoms. The highest BCUT2D eigenvalue weighted by Crippen LogP contribution is 2.36. The highest BCUT2D eigenvalue weighted by molar-refractivity contribution is 8.14. The fraction of sp³-hybridized carbons (Fsp3) is 0.273. The van der Waals surface area contributed by atoms with E-state index in [-0.39, 0.29) is 28.4 Å². The second-order valence-electron chi connectivity index (χ2n) is 7.61. The van der Waals surface area contributed by atoms with Crippen LogP contribution >= 0.6 is 11.8 Å². The Morgan fingerprint density at radius 2 is 1.84 bits per heavy atom. The lowest BCUT2D eigenvalue weighted by Gasteiger charge is -2.25. The standard InChI is InChI=1S/C22H19F3N4O2S/c1-12(2)18-20(31)29-19(28-18)13-7-3-5-9-15(13)27-21(29)32-11-17(30)26-16-10-6-4-8-14(16)22(23,24)25/h3-10,12,18H,11H2,1-2H3,(H,26,30)/t18-/m0/s1. The van der Waals surface area contributed by atoms with Gasteiger partial charge < -0.3 is 5.32 Å². The van der Waals surface area contributed by atoms with Crippen LogP contribution in [-0.2, 0) is 15.8 Å². The average molecular weight is 460 g/mol. The van der Waals surface area contributed by atoms with Gasteiger partial charge in [-0.25, -0.2) is 9.89 Å². The topological polar surface area (TPSA) is 74.1 Å². The Morgan fingerprint density at radius 3 is 2.56 bits per heavy atom. The Morgan fingerprint density at radius 1 is 1.16 bits per heavy atom. The maximum absolute atomic E-state index is 13.2. The fourth-order valence-corrected chi connectivity index (χ4v) is 4.26. The van der Waals surface area contributed by atoms with Gasteiger partial charge in [-0.2, -0.15) is 13.2 Å². The van der Waals surface area contributed by atoms with E-state index in [1.54, 1.807) is 12.1 Å². The average Bonchev–Trinajstić information content (AvgIpc) is 3.10. The van der Waals surface area contributed by atoms with E-state index < -0.39 is 23.7 Å². The number of benzene rings is 2. The molecule has 4 rings (SSSR count). The predicted octanol–water partition coefficient (Wildman–Crippen LogP) is 4.69. The van der Waals surface area contributed by atoms with Gasteiger partial charge in [-0.1, -0.05) is 49.9 Å². The minimum Gasteiger partial charge on any atom is -0.325 e. The Balaban J connectivity index is 1.55. The molecule has 10 heteroatoms. The lowest BCUT2D eigenvalue weighted by molar-refractivity contribution is -0.137. The van der Waals surface area contributed by atoms with Gasteiger partial charge in [0.15, 0.2) is 5.17 Å². The maximum atomic E-state index is 13.2. The molecule has 2 aliphatic rings. The fourth-order valence-electron chi connectivity index (χ4n) is 3.46. The third-order valence-corrected chi connectivity index (χ3v) is 5.91. The second kappa shape index (κ2) is 8.42. The number of rotatable bonds is 4. The number of halogens is 3. The van der Waals surface area contributed by atoms with Gasteiger partial charge in [-0.05, 0) is 30.2 Å². The second-order valence-corrected chi connectivity index (χ2v) is 8.55. The lowest BCUT2D eigenvalue weighted by atomic mass is 10.1. The minimum atomic E-state index is -4.59. The van der Waals surface area contributed by atoms with Crippen LogP contribution in [0.4, 0.5) is 24.5 Å². The highest BCUT2D eigenvalue weighted by atomic mass is 32.2. The van der Waals surface area contributed by atoms with Crippen LogP contribution in [0.25, 0.3) is 0 Å². The molecule has 0 aliphatic carbocycles. The van der Waals surface area contributed by atoms with Crippen LogP contribution in [0.2, 0.25) is 0 Å². The van der Waals surface area contributed by atoms with Crippen LogP contribution in [0.5, 0.6) is 0 Å². The first kappa shape index (κ1) is 22.1. The summed E-state index contributed by atoms with van der Waals surface area (Å²) >= 11 is 0.977. The number of nitrogens with one attached hydrogen (secondary N) is 1. The van der Waals surface area contributed by atoms with Crippen molar-refractivity contribution in [2.75, 3.05) is 11.1 Å². The van der Waals surface area contributed by atoms with Crippen molar-refractivity contribution in [2.24, 2.45) is 15.9 Å². The number of hydrogen-bond acceptors (Lipinski definition) is 5. The van der Waals surface area contributed by atoms with Crippen molar-refractivity contribution in [3.05, 3.63) is 59.7 Å².